The highest BCUT2D eigenvalue weighted by Gasteiger charge is 2.31. The maximum absolute atomic E-state index is 13.6. The molecule has 0 aromatic heterocycles. The van der Waals surface area contributed by atoms with Crippen molar-refractivity contribution >= 4 is 29.0 Å². The van der Waals surface area contributed by atoms with Crippen molar-refractivity contribution in [2.45, 2.75) is 46.8 Å². The van der Waals surface area contributed by atoms with Crippen LogP contribution in [-0.4, -0.2) is 35.0 Å². The molecule has 0 fully saturated rings. The largest absolute Gasteiger partial charge is 0.489 e. The number of anilines is 1. The Balaban J connectivity index is 1.08. The molecule has 8 heteroatoms. The number of hydrogen-bond donors (Lipinski definition) is 2. The summed E-state index contributed by atoms with van der Waals surface area (Å²) in [4.78, 5) is 52.6. The molecule has 5 aromatic rings. The molecule has 6 rings (SSSR count). The van der Waals surface area contributed by atoms with E-state index in [0.29, 0.717) is 50.4 Å². The molecule has 0 heterocycles. The number of esters is 1. The summed E-state index contributed by atoms with van der Waals surface area (Å²) in [6.45, 7) is 7.90. The van der Waals surface area contributed by atoms with Gasteiger partial charge in [0.1, 0.15) is 24.2 Å². The quantitative estimate of drug-likeness (QED) is 0.0824. The summed E-state index contributed by atoms with van der Waals surface area (Å²) in [6, 6.07) is 27.7. The molecule has 0 saturated carbocycles. The van der Waals surface area contributed by atoms with Crippen molar-refractivity contribution in [1.29, 1.82) is 0 Å². The second-order valence-corrected chi connectivity index (χ2v) is 12.6. The Hall–Kier alpha value is -5.86. The van der Waals surface area contributed by atoms with Crippen LogP contribution < -0.4 is 14.8 Å². The van der Waals surface area contributed by atoms with E-state index in [-0.39, 0.29) is 36.9 Å². The molecule has 252 valence electrons. The lowest BCUT2D eigenvalue weighted by molar-refractivity contribution is -0.134. The minimum Gasteiger partial charge on any atom is -0.489 e. The van der Waals surface area contributed by atoms with Gasteiger partial charge >= 0.3 is 5.97 Å². The zero-order valence-corrected chi connectivity index (χ0v) is 28.3. The van der Waals surface area contributed by atoms with E-state index >= 15 is 0 Å². The standard InChI is InChI=1S/C42H37NO7/c1-24-15-16-31(41(47)42(48)37-26(3)19-25(2)20-27(37)4)28(21-24)23-49-29-9-7-10-30(22-29)50-36(44)17-18-43-35-14-8-13-34-38(35)40(46)33-12-6-5-11-32(33)39(34)45/h5-16,19-22,42-43,48H,17-18,23H2,1-4H3. The second-order valence-electron chi connectivity index (χ2n) is 12.6. The Kier molecular flexibility index (Phi) is 9.74. The Labute approximate surface area is 290 Å². The number of ether oxygens (including phenoxy) is 2. The van der Waals surface area contributed by atoms with Crippen LogP contribution in [-0.2, 0) is 11.4 Å². The topological polar surface area (TPSA) is 119 Å². The molecule has 1 atom stereocenters. The summed E-state index contributed by atoms with van der Waals surface area (Å²) in [5.74, 6) is -0.661. The lowest BCUT2D eigenvalue weighted by Gasteiger charge is -2.20. The number of fused-ring (bicyclic) bond motifs is 2. The fourth-order valence-corrected chi connectivity index (χ4v) is 6.55. The van der Waals surface area contributed by atoms with Crippen molar-refractivity contribution < 1.29 is 33.8 Å². The van der Waals surface area contributed by atoms with Gasteiger partial charge in [-0.2, -0.15) is 0 Å². The van der Waals surface area contributed by atoms with Gasteiger partial charge in [0.15, 0.2) is 17.3 Å². The van der Waals surface area contributed by atoms with E-state index in [4.69, 9.17) is 9.47 Å². The minimum atomic E-state index is -1.32. The first-order valence-corrected chi connectivity index (χ1v) is 16.4. The molecule has 1 aliphatic carbocycles. The summed E-state index contributed by atoms with van der Waals surface area (Å²) in [5, 5.41) is 14.3. The third-order valence-corrected chi connectivity index (χ3v) is 8.81. The van der Waals surface area contributed by atoms with Gasteiger partial charge in [-0.05, 0) is 62.6 Å². The molecule has 0 amide bonds. The number of aryl methyl sites for hydroxylation is 4. The van der Waals surface area contributed by atoms with Crippen LogP contribution in [0.5, 0.6) is 11.5 Å². The fraction of sp³-hybridized carbons (Fsp3) is 0.190. The first kappa shape index (κ1) is 34.0. The van der Waals surface area contributed by atoms with Crippen molar-refractivity contribution in [2.24, 2.45) is 0 Å². The minimum absolute atomic E-state index is 0.00943. The van der Waals surface area contributed by atoms with Crippen LogP contribution in [0.1, 0.15) is 88.1 Å². The second kappa shape index (κ2) is 14.3. The van der Waals surface area contributed by atoms with Crippen LogP contribution in [0.4, 0.5) is 5.69 Å². The Morgan fingerprint density at radius 3 is 2.12 bits per heavy atom. The van der Waals surface area contributed by atoms with E-state index in [1.54, 1.807) is 72.8 Å². The van der Waals surface area contributed by atoms with E-state index in [9.17, 15) is 24.3 Å². The van der Waals surface area contributed by atoms with Crippen molar-refractivity contribution in [1.82, 2.24) is 0 Å². The van der Waals surface area contributed by atoms with Crippen LogP contribution in [0.15, 0.2) is 97.1 Å². The predicted molar refractivity (Wildman–Crippen MR) is 190 cm³/mol. The van der Waals surface area contributed by atoms with Crippen molar-refractivity contribution in [3.05, 3.63) is 158 Å². The van der Waals surface area contributed by atoms with Gasteiger partial charge in [0.2, 0.25) is 0 Å². The monoisotopic (exact) mass is 667 g/mol. The van der Waals surface area contributed by atoms with E-state index in [1.165, 1.54) is 0 Å². The molecule has 8 nitrogen and oxygen atoms in total. The lowest BCUT2D eigenvalue weighted by atomic mass is 9.83. The zero-order chi connectivity index (χ0) is 35.5. The van der Waals surface area contributed by atoms with Crippen LogP contribution in [0.25, 0.3) is 0 Å². The molecule has 2 N–H and O–H groups in total. The fourth-order valence-electron chi connectivity index (χ4n) is 6.55. The number of aliphatic hydroxyl groups is 1. The van der Waals surface area contributed by atoms with E-state index < -0.39 is 17.9 Å². The van der Waals surface area contributed by atoms with Gasteiger partial charge in [0.25, 0.3) is 0 Å². The number of Topliss-reactive ketones (excluding diaryl/α,β-unsaturated/α-hetero) is 1. The third-order valence-electron chi connectivity index (χ3n) is 8.81. The maximum Gasteiger partial charge on any atom is 0.312 e. The third kappa shape index (κ3) is 6.97. The Bertz CT molecular complexity index is 2140. The Morgan fingerprint density at radius 1 is 0.720 bits per heavy atom. The van der Waals surface area contributed by atoms with Crippen molar-refractivity contribution in [3.63, 3.8) is 0 Å². The summed E-state index contributed by atoms with van der Waals surface area (Å²) in [7, 11) is 0. The number of carbonyl (C=O) groups is 4. The highest BCUT2D eigenvalue weighted by molar-refractivity contribution is 6.30. The summed E-state index contributed by atoms with van der Waals surface area (Å²) in [5.41, 5.74) is 7.14. The highest BCUT2D eigenvalue weighted by atomic mass is 16.5. The van der Waals surface area contributed by atoms with E-state index in [1.807, 2.05) is 52.0 Å². The summed E-state index contributed by atoms with van der Waals surface area (Å²) >= 11 is 0. The van der Waals surface area contributed by atoms with Crippen molar-refractivity contribution in [2.75, 3.05) is 11.9 Å². The molecular formula is C42H37NO7. The SMILES string of the molecule is Cc1cc(C)c(C(O)C(=O)c2ccc(C)cc2COc2cccc(OC(=O)CCNc3cccc4c3C(=O)c3ccccc3C4=O)c2)c(C)c1. The molecule has 1 aliphatic rings. The molecule has 50 heavy (non-hydrogen) atoms. The highest BCUT2D eigenvalue weighted by Crippen LogP contribution is 2.32. The maximum atomic E-state index is 13.6. The van der Waals surface area contributed by atoms with Crippen LogP contribution >= 0.6 is 0 Å². The molecule has 0 saturated heterocycles. The van der Waals surface area contributed by atoms with Gasteiger partial charge in [-0.1, -0.05) is 83.9 Å². The Morgan fingerprint density at radius 2 is 1.38 bits per heavy atom. The number of hydrogen-bond acceptors (Lipinski definition) is 8. The van der Waals surface area contributed by atoms with Crippen LogP contribution in [0.3, 0.4) is 0 Å². The summed E-state index contributed by atoms with van der Waals surface area (Å²) in [6.07, 6.45) is -1.33. The number of ketones is 3. The number of nitrogens with one attached hydrogen (secondary N) is 1. The number of rotatable bonds is 11. The summed E-state index contributed by atoms with van der Waals surface area (Å²) < 4.78 is 11.6. The lowest BCUT2D eigenvalue weighted by Crippen LogP contribution is -2.23. The van der Waals surface area contributed by atoms with E-state index in [0.717, 1.165) is 22.3 Å². The first-order chi connectivity index (χ1) is 24.0. The first-order valence-electron chi connectivity index (χ1n) is 16.4. The average Bonchev–Trinajstić information content (AvgIpc) is 3.09. The average molecular weight is 668 g/mol. The molecule has 0 radical (unpaired) electrons. The van der Waals surface area contributed by atoms with Crippen molar-refractivity contribution in [3.8, 4) is 11.5 Å². The molecule has 0 bridgehead atoms. The van der Waals surface area contributed by atoms with Gasteiger partial charge in [-0.15, -0.1) is 0 Å². The molecular weight excluding hydrogens is 630 g/mol. The number of benzene rings is 5. The molecule has 5 aromatic carbocycles. The normalized spacial score (nSPS) is 12.5. The number of carbonyl (C=O) groups excluding carboxylic acids is 4. The van der Waals surface area contributed by atoms with E-state index in [2.05, 4.69) is 5.32 Å². The smallest absolute Gasteiger partial charge is 0.312 e. The zero-order valence-electron chi connectivity index (χ0n) is 28.3. The number of aliphatic hydroxyl groups excluding tert-OH is 1. The molecule has 0 aliphatic heterocycles. The van der Waals surface area contributed by atoms with Gasteiger partial charge in [-0.3, -0.25) is 19.2 Å². The molecule has 0 spiro atoms. The van der Waals surface area contributed by atoms with Gasteiger partial charge in [-0.25, -0.2) is 0 Å². The van der Waals surface area contributed by atoms with Gasteiger partial charge in [0, 0.05) is 46.1 Å². The predicted octanol–water partition coefficient (Wildman–Crippen LogP) is 7.60. The van der Waals surface area contributed by atoms with Gasteiger partial charge < -0.3 is 19.9 Å². The molecule has 1 unspecified atom stereocenters. The van der Waals surface area contributed by atoms with Gasteiger partial charge in [0.05, 0.1) is 12.0 Å². The van der Waals surface area contributed by atoms with Crippen LogP contribution in [0, 0.1) is 27.7 Å². The van der Waals surface area contributed by atoms with Crippen LogP contribution in [0.2, 0.25) is 0 Å².